The second-order valence-electron chi connectivity index (χ2n) is 7.96. The van der Waals surface area contributed by atoms with E-state index in [-0.39, 0.29) is 0 Å². The number of ether oxygens (including phenoxy) is 1. The fraction of sp³-hybridized carbons (Fsp3) is 0.172. The van der Waals surface area contributed by atoms with E-state index in [1.165, 1.54) is 50.1 Å². The summed E-state index contributed by atoms with van der Waals surface area (Å²) in [6, 6.07) is 30.3. The number of rotatable bonds is 5. The highest BCUT2D eigenvalue weighted by molar-refractivity contribution is 5.92. The molecule has 0 unspecified atom stereocenters. The molecule has 4 aromatic carbocycles. The normalized spacial score (nSPS) is 11.8. The van der Waals surface area contributed by atoms with Gasteiger partial charge in [-0.05, 0) is 65.6 Å². The quantitative estimate of drug-likeness (QED) is 0.308. The molecule has 0 atom stereocenters. The van der Waals surface area contributed by atoms with Crippen LogP contribution in [-0.2, 0) is 12.8 Å². The molecule has 0 aliphatic heterocycles. The summed E-state index contributed by atoms with van der Waals surface area (Å²) in [5.41, 5.74) is 12.0. The van der Waals surface area contributed by atoms with Gasteiger partial charge in [0.15, 0.2) is 0 Å². The molecule has 0 aromatic heterocycles. The SMILES string of the molecule is CCOc1c(-c2ccccc2)c(Cc2ccccc2)c(C)c2c1-c1ccccc1C2. The third-order valence-electron chi connectivity index (χ3n) is 6.19. The Bertz CT molecular complexity index is 1190. The van der Waals surface area contributed by atoms with Crippen LogP contribution in [0.1, 0.15) is 34.7 Å². The minimum Gasteiger partial charge on any atom is -0.493 e. The van der Waals surface area contributed by atoms with Gasteiger partial charge in [-0.25, -0.2) is 0 Å². The Morgan fingerprint density at radius 3 is 2.17 bits per heavy atom. The summed E-state index contributed by atoms with van der Waals surface area (Å²) >= 11 is 0. The van der Waals surface area contributed by atoms with Crippen LogP contribution in [-0.4, -0.2) is 6.61 Å². The van der Waals surface area contributed by atoms with E-state index in [9.17, 15) is 0 Å². The highest BCUT2D eigenvalue weighted by Crippen LogP contribution is 2.51. The predicted octanol–water partition coefficient (Wildman–Crippen LogP) is 7.22. The highest BCUT2D eigenvalue weighted by atomic mass is 16.5. The molecule has 0 fully saturated rings. The van der Waals surface area contributed by atoms with Crippen LogP contribution in [0.25, 0.3) is 22.3 Å². The maximum absolute atomic E-state index is 6.42. The van der Waals surface area contributed by atoms with Gasteiger partial charge >= 0.3 is 0 Å². The van der Waals surface area contributed by atoms with Crippen LogP contribution < -0.4 is 4.74 Å². The van der Waals surface area contributed by atoms with Gasteiger partial charge in [-0.2, -0.15) is 0 Å². The molecule has 0 saturated carbocycles. The molecule has 1 nitrogen and oxygen atoms in total. The molecule has 0 radical (unpaired) electrons. The van der Waals surface area contributed by atoms with E-state index in [1.807, 2.05) is 0 Å². The van der Waals surface area contributed by atoms with E-state index in [4.69, 9.17) is 4.74 Å². The molecular weight excluding hydrogens is 364 g/mol. The minimum atomic E-state index is 0.655. The number of benzene rings is 4. The molecule has 0 saturated heterocycles. The van der Waals surface area contributed by atoms with E-state index < -0.39 is 0 Å². The molecule has 4 aromatic rings. The summed E-state index contributed by atoms with van der Waals surface area (Å²) in [7, 11) is 0. The Labute approximate surface area is 179 Å². The average Bonchev–Trinajstić information content (AvgIpc) is 3.18. The van der Waals surface area contributed by atoms with E-state index in [2.05, 4.69) is 98.8 Å². The Morgan fingerprint density at radius 2 is 1.43 bits per heavy atom. The summed E-state index contributed by atoms with van der Waals surface area (Å²) < 4.78 is 6.42. The van der Waals surface area contributed by atoms with Crippen LogP contribution in [0.2, 0.25) is 0 Å². The van der Waals surface area contributed by atoms with Crippen LogP contribution in [0, 0.1) is 6.92 Å². The fourth-order valence-electron chi connectivity index (χ4n) is 4.79. The molecule has 0 heterocycles. The first-order valence-electron chi connectivity index (χ1n) is 10.8. The van der Waals surface area contributed by atoms with Crippen molar-refractivity contribution in [2.45, 2.75) is 26.7 Å². The first-order chi connectivity index (χ1) is 14.8. The van der Waals surface area contributed by atoms with Gasteiger partial charge < -0.3 is 4.74 Å². The van der Waals surface area contributed by atoms with Gasteiger partial charge in [-0.1, -0.05) is 84.9 Å². The van der Waals surface area contributed by atoms with Gasteiger partial charge in [0.1, 0.15) is 5.75 Å². The van der Waals surface area contributed by atoms with Gasteiger partial charge in [0.2, 0.25) is 0 Å². The molecule has 0 N–H and O–H groups in total. The van der Waals surface area contributed by atoms with Gasteiger partial charge in [-0.15, -0.1) is 0 Å². The molecule has 148 valence electrons. The largest absolute Gasteiger partial charge is 0.493 e. The molecule has 30 heavy (non-hydrogen) atoms. The molecule has 5 rings (SSSR count). The summed E-state index contributed by atoms with van der Waals surface area (Å²) in [6.07, 6.45) is 1.88. The zero-order valence-corrected chi connectivity index (χ0v) is 17.6. The minimum absolute atomic E-state index is 0.655. The maximum atomic E-state index is 6.42. The highest BCUT2D eigenvalue weighted by Gasteiger charge is 2.29. The van der Waals surface area contributed by atoms with E-state index in [0.29, 0.717) is 6.61 Å². The molecule has 1 aliphatic carbocycles. The topological polar surface area (TPSA) is 9.23 Å². The van der Waals surface area contributed by atoms with Crippen LogP contribution in [0.3, 0.4) is 0 Å². The molecular formula is C29H26O. The van der Waals surface area contributed by atoms with Crippen molar-refractivity contribution in [1.29, 1.82) is 0 Å². The predicted molar refractivity (Wildman–Crippen MR) is 125 cm³/mol. The van der Waals surface area contributed by atoms with E-state index in [0.717, 1.165) is 18.6 Å². The Hall–Kier alpha value is -3.32. The number of hydrogen-bond donors (Lipinski definition) is 0. The lowest BCUT2D eigenvalue weighted by molar-refractivity contribution is 0.342. The van der Waals surface area contributed by atoms with Crippen molar-refractivity contribution in [3.8, 4) is 28.0 Å². The van der Waals surface area contributed by atoms with Gasteiger partial charge in [0.05, 0.1) is 6.61 Å². The van der Waals surface area contributed by atoms with Crippen molar-refractivity contribution in [1.82, 2.24) is 0 Å². The fourth-order valence-corrected chi connectivity index (χ4v) is 4.79. The third kappa shape index (κ3) is 3.11. The zero-order valence-electron chi connectivity index (χ0n) is 17.6. The monoisotopic (exact) mass is 390 g/mol. The molecule has 0 spiro atoms. The van der Waals surface area contributed by atoms with Crippen LogP contribution >= 0.6 is 0 Å². The van der Waals surface area contributed by atoms with Crippen LogP contribution in [0.4, 0.5) is 0 Å². The van der Waals surface area contributed by atoms with Crippen LogP contribution in [0.5, 0.6) is 5.75 Å². The van der Waals surface area contributed by atoms with Crippen molar-refractivity contribution in [3.63, 3.8) is 0 Å². The van der Waals surface area contributed by atoms with Crippen molar-refractivity contribution in [3.05, 3.63) is 113 Å². The van der Waals surface area contributed by atoms with Crippen molar-refractivity contribution in [2.24, 2.45) is 0 Å². The molecule has 1 heteroatoms. The first-order valence-corrected chi connectivity index (χ1v) is 10.8. The van der Waals surface area contributed by atoms with Gasteiger partial charge in [-0.3, -0.25) is 0 Å². The average molecular weight is 391 g/mol. The third-order valence-corrected chi connectivity index (χ3v) is 6.19. The second kappa shape index (κ2) is 7.84. The Balaban J connectivity index is 1.83. The van der Waals surface area contributed by atoms with Crippen molar-refractivity contribution < 1.29 is 4.74 Å². The molecule has 0 amide bonds. The summed E-state index contributed by atoms with van der Waals surface area (Å²) in [5.74, 6) is 1.04. The van der Waals surface area contributed by atoms with Crippen molar-refractivity contribution >= 4 is 0 Å². The van der Waals surface area contributed by atoms with E-state index in [1.54, 1.807) is 0 Å². The number of hydrogen-bond acceptors (Lipinski definition) is 1. The maximum Gasteiger partial charge on any atom is 0.135 e. The smallest absolute Gasteiger partial charge is 0.135 e. The van der Waals surface area contributed by atoms with Crippen molar-refractivity contribution in [2.75, 3.05) is 6.61 Å². The zero-order chi connectivity index (χ0) is 20.5. The molecule has 1 aliphatic rings. The summed E-state index contributed by atoms with van der Waals surface area (Å²) in [4.78, 5) is 0. The van der Waals surface area contributed by atoms with E-state index >= 15 is 0 Å². The second-order valence-corrected chi connectivity index (χ2v) is 7.96. The Morgan fingerprint density at radius 1 is 0.767 bits per heavy atom. The summed E-state index contributed by atoms with van der Waals surface area (Å²) in [5, 5.41) is 0. The lowest BCUT2D eigenvalue weighted by atomic mass is 9.85. The summed E-state index contributed by atoms with van der Waals surface area (Å²) in [6.45, 7) is 5.03. The first kappa shape index (κ1) is 18.7. The van der Waals surface area contributed by atoms with Gasteiger partial charge in [0.25, 0.3) is 0 Å². The molecule has 0 bridgehead atoms. The number of fused-ring (bicyclic) bond motifs is 3. The lowest BCUT2D eigenvalue weighted by Gasteiger charge is -2.23. The van der Waals surface area contributed by atoms with Gasteiger partial charge in [0, 0.05) is 11.1 Å². The lowest BCUT2D eigenvalue weighted by Crippen LogP contribution is -2.05. The standard InChI is InChI=1S/C29H26O/c1-3-30-29-27(22-14-8-5-9-15-22)25(18-21-12-6-4-7-13-21)20(2)26-19-23-16-10-11-17-24(23)28(26)29/h4-17H,3,18-19H2,1-2H3. The Kier molecular flexibility index (Phi) is 4.88. The van der Waals surface area contributed by atoms with Crippen LogP contribution in [0.15, 0.2) is 84.9 Å².